The minimum Gasteiger partial charge on any atom is -0.325 e. The molecule has 2 atom stereocenters. The number of aryl methyl sites for hydroxylation is 1. The van der Waals surface area contributed by atoms with E-state index in [1.807, 2.05) is 38.1 Å². The quantitative estimate of drug-likeness (QED) is 0.884. The van der Waals surface area contributed by atoms with Gasteiger partial charge in [0.1, 0.15) is 5.82 Å². The van der Waals surface area contributed by atoms with E-state index in [-0.39, 0.29) is 11.8 Å². The number of rotatable bonds is 5. The van der Waals surface area contributed by atoms with Crippen LogP contribution in [0.15, 0.2) is 24.3 Å². The molecule has 3 rings (SSSR count). The zero-order chi connectivity index (χ0) is 17.1. The molecule has 6 heteroatoms. The second-order valence-corrected chi connectivity index (χ2v) is 6.53. The Morgan fingerprint density at radius 1 is 1.29 bits per heavy atom. The van der Waals surface area contributed by atoms with Gasteiger partial charge in [-0.25, -0.2) is 0 Å². The smallest absolute Gasteiger partial charge is 0.241 e. The van der Waals surface area contributed by atoms with Gasteiger partial charge in [0.15, 0.2) is 5.82 Å². The number of hydrogen-bond donors (Lipinski definition) is 2. The summed E-state index contributed by atoms with van der Waals surface area (Å²) in [5.74, 6) is 1.98. The molecule has 1 amide bonds. The molecular weight excluding hydrogens is 302 g/mol. The highest BCUT2D eigenvalue weighted by molar-refractivity contribution is 5.95. The number of nitrogens with zero attached hydrogens (tertiary/aromatic N) is 3. The van der Waals surface area contributed by atoms with Gasteiger partial charge in [-0.1, -0.05) is 20.3 Å². The summed E-state index contributed by atoms with van der Waals surface area (Å²) < 4.78 is 2.19. The molecular formula is C18H25N5O. The van der Waals surface area contributed by atoms with Crippen molar-refractivity contribution >= 4 is 11.6 Å². The van der Waals surface area contributed by atoms with Crippen LogP contribution in [0, 0.1) is 5.92 Å². The number of anilines is 1. The van der Waals surface area contributed by atoms with Gasteiger partial charge in [-0.15, -0.1) is 10.2 Å². The summed E-state index contributed by atoms with van der Waals surface area (Å²) in [7, 11) is 0. The molecule has 2 heterocycles. The number of aromatic nitrogens is 3. The highest BCUT2D eigenvalue weighted by Gasteiger charge is 2.20. The van der Waals surface area contributed by atoms with E-state index in [1.54, 1.807) is 0 Å². The zero-order valence-electron chi connectivity index (χ0n) is 14.3. The van der Waals surface area contributed by atoms with Crippen molar-refractivity contribution in [2.24, 2.45) is 11.7 Å². The van der Waals surface area contributed by atoms with E-state index in [9.17, 15) is 4.79 Å². The SMILES string of the molecule is CCC(C)C(N)C(=O)Nc1ccc(-c2nnc3n2CCCC3)cc1. The number of fused-ring (bicyclic) bond motifs is 1. The number of hydrogen-bond acceptors (Lipinski definition) is 4. The third-order valence-electron chi connectivity index (χ3n) is 4.83. The Bertz CT molecular complexity index is 707. The summed E-state index contributed by atoms with van der Waals surface area (Å²) in [6.07, 6.45) is 4.22. The van der Waals surface area contributed by atoms with Crippen LogP contribution < -0.4 is 11.1 Å². The Labute approximate surface area is 142 Å². The first-order valence-corrected chi connectivity index (χ1v) is 8.69. The molecule has 6 nitrogen and oxygen atoms in total. The molecule has 0 saturated heterocycles. The van der Waals surface area contributed by atoms with Crippen LogP contribution in [0.2, 0.25) is 0 Å². The van der Waals surface area contributed by atoms with Crippen molar-refractivity contribution in [3.8, 4) is 11.4 Å². The molecule has 24 heavy (non-hydrogen) atoms. The van der Waals surface area contributed by atoms with Crippen LogP contribution in [0.3, 0.4) is 0 Å². The molecule has 1 aromatic heterocycles. The maximum atomic E-state index is 12.2. The standard InChI is InChI=1S/C18H25N5O/c1-3-12(2)16(19)18(24)20-14-9-7-13(8-10-14)17-22-21-15-6-4-5-11-23(15)17/h7-10,12,16H,3-6,11,19H2,1-2H3,(H,20,24). The molecule has 0 fully saturated rings. The van der Waals surface area contributed by atoms with E-state index in [0.29, 0.717) is 0 Å². The second kappa shape index (κ2) is 7.13. The van der Waals surface area contributed by atoms with Gasteiger partial charge >= 0.3 is 0 Å². The van der Waals surface area contributed by atoms with Crippen molar-refractivity contribution in [2.75, 3.05) is 5.32 Å². The Morgan fingerprint density at radius 3 is 2.75 bits per heavy atom. The summed E-state index contributed by atoms with van der Waals surface area (Å²) in [5, 5.41) is 11.5. The first-order chi connectivity index (χ1) is 11.6. The highest BCUT2D eigenvalue weighted by atomic mass is 16.2. The molecule has 128 valence electrons. The van der Waals surface area contributed by atoms with Gasteiger partial charge in [0.25, 0.3) is 0 Å². The molecule has 2 aromatic rings. The van der Waals surface area contributed by atoms with Gasteiger partial charge < -0.3 is 15.6 Å². The number of amides is 1. The van der Waals surface area contributed by atoms with Gasteiger partial charge in [0, 0.05) is 24.2 Å². The van der Waals surface area contributed by atoms with E-state index in [1.165, 1.54) is 12.8 Å². The fourth-order valence-electron chi connectivity index (χ4n) is 2.96. The average Bonchev–Trinajstić information content (AvgIpc) is 3.05. The Hall–Kier alpha value is -2.21. The van der Waals surface area contributed by atoms with E-state index >= 15 is 0 Å². The first-order valence-electron chi connectivity index (χ1n) is 8.69. The van der Waals surface area contributed by atoms with Gasteiger partial charge in [0.2, 0.25) is 5.91 Å². The minimum absolute atomic E-state index is 0.142. The summed E-state index contributed by atoms with van der Waals surface area (Å²) >= 11 is 0. The Balaban J connectivity index is 1.72. The van der Waals surface area contributed by atoms with E-state index in [2.05, 4.69) is 20.1 Å². The van der Waals surface area contributed by atoms with Gasteiger partial charge in [0.05, 0.1) is 6.04 Å². The number of nitrogens with two attached hydrogens (primary N) is 1. The molecule has 2 unspecified atom stereocenters. The monoisotopic (exact) mass is 327 g/mol. The van der Waals surface area contributed by atoms with Gasteiger partial charge in [-0.3, -0.25) is 4.79 Å². The predicted molar refractivity (Wildman–Crippen MR) is 94.5 cm³/mol. The van der Waals surface area contributed by atoms with Crippen molar-refractivity contribution < 1.29 is 4.79 Å². The van der Waals surface area contributed by atoms with Gasteiger partial charge in [-0.05, 0) is 43.0 Å². The minimum atomic E-state index is -0.488. The molecule has 1 aliphatic rings. The van der Waals surface area contributed by atoms with Crippen LogP contribution >= 0.6 is 0 Å². The van der Waals surface area contributed by atoms with Crippen molar-refractivity contribution in [1.29, 1.82) is 0 Å². The van der Waals surface area contributed by atoms with Gasteiger partial charge in [-0.2, -0.15) is 0 Å². The Morgan fingerprint density at radius 2 is 2.04 bits per heavy atom. The van der Waals surface area contributed by atoms with Crippen LogP contribution in [-0.4, -0.2) is 26.7 Å². The van der Waals surface area contributed by atoms with E-state index in [0.717, 1.165) is 42.3 Å². The lowest BCUT2D eigenvalue weighted by Gasteiger charge is -2.18. The molecule has 0 spiro atoms. The Kier molecular flexibility index (Phi) is 4.94. The van der Waals surface area contributed by atoms with Crippen molar-refractivity contribution in [3.63, 3.8) is 0 Å². The lowest BCUT2D eigenvalue weighted by atomic mass is 9.99. The number of benzene rings is 1. The third-order valence-corrected chi connectivity index (χ3v) is 4.83. The number of nitrogens with one attached hydrogen (secondary N) is 1. The van der Waals surface area contributed by atoms with Crippen LogP contribution in [0.1, 0.15) is 38.9 Å². The summed E-state index contributed by atoms with van der Waals surface area (Å²) in [6.45, 7) is 4.99. The highest BCUT2D eigenvalue weighted by Crippen LogP contribution is 2.24. The first kappa shape index (κ1) is 16.6. The molecule has 0 bridgehead atoms. The van der Waals surface area contributed by atoms with E-state index < -0.39 is 6.04 Å². The largest absolute Gasteiger partial charge is 0.325 e. The molecule has 1 aromatic carbocycles. The summed E-state index contributed by atoms with van der Waals surface area (Å²) in [5.41, 5.74) is 7.73. The number of carbonyl (C=O) groups excluding carboxylic acids is 1. The number of carbonyl (C=O) groups is 1. The fourth-order valence-corrected chi connectivity index (χ4v) is 2.96. The second-order valence-electron chi connectivity index (χ2n) is 6.53. The van der Waals surface area contributed by atoms with Crippen LogP contribution in [-0.2, 0) is 17.8 Å². The maximum Gasteiger partial charge on any atom is 0.241 e. The molecule has 0 saturated carbocycles. The topological polar surface area (TPSA) is 85.8 Å². The fraction of sp³-hybridized carbons (Fsp3) is 0.500. The molecule has 0 aliphatic carbocycles. The predicted octanol–water partition coefficient (Wildman–Crippen LogP) is 2.59. The maximum absolute atomic E-state index is 12.2. The van der Waals surface area contributed by atoms with Crippen molar-refractivity contribution in [3.05, 3.63) is 30.1 Å². The van der Waals surface area contributed by atoms with Crippen molar-refractivity contribution in [2.45, 2.75) is 52.1 Å². The lowest BCUT2D eigenvalue weighted by molar-refractivity contribution is -0.118. The molecule has 3 N–H and O–H groups in total. The van der Waals surface area contributed by atoms with E-state index in [4.69, 9.17) is 5.73 Å². The lowest BCUT2D eigenvalue weighted by Crippen LogP contribution is -2.40. The molecule has 1 aliphatic heterocycles. The summed E-state index contributed by atoms with van der Waals surface area (Å²) in [6, 6.07) is 7.23. The zero-order valence-corrected chi connectivity index (χ0v) is 14.3. The van der Waals surface area contributed by atoms with Crippen LogP contribution in [0.4, 0.5) is 5.69 Å². The molecule has 0 radical (unpaired) electrons. The van der Waals surface area contributed by atoms with Crippen molar-refractivity contribution in [1.82, 2.24) is 14.8 Å². The normalized spacial score (nSPS) is 16.3. The third kappa shape index (κ3) is 3.33. The summed E-state index contributed by atoms with van der Waals surface area (Å²) in [4.78, 5) is 12.2. The van der Waals surface area contributed by atoms with Crippen LogP contribution in [0.25, 0.3) is 11.4 Å². The van der Waals surface area contributed by atoms with Crippen LogP contribution in [0.5, 0.6) is 0 Å². The average molecular weight is 327 g/mol.